The number of rotatable bonds is 3. The number of piperidine rings is 1. The molecule has 2 aromatic heterocycles. The van der Waals surface area contributed by atoms with Crippen LogP contribution in [0.4, 0.5) is 0 Å². The molecule has 0 aliphatic carbocycles. The van der Waals surface area contributed by atoms with Crippen LogP contribution >= 0.6 is 0 Å². The number of aromatic nitrogens is 2. The number of furan rings is 1. The molecule has 0 spiro atoms. The first-order valence-electron chi connectivity index (χ1n) is 7.93. The highest BCUT2D eigenvalue weighted by Gasteiger charge is 2.29. The number of fused-ring (bicyclic) bond motifs is 1. The van der Waals surface area contributed by atoms with Crippen molar-refractivity contribution in [2.24, 2.45) is 0 Å². The third-order valence-corrected chi connectivity index (χ3v) is 4.73. The Balaban J connectivity index is 1.40. The van der Waals surface area contributed by atoms with Crippen molar-refractivity contribution in [2.45, 2.75) is 31.8 Å². The molecule has 2 aliphatic heterocycles. The molecule has 112 valence electrons. The smallest absolute Gasteiger partial charge is 0.152 e. The Bertz CT molecular complexity index is 577. The molecule has 1 atom stereocenters. The van der Waals surface area contributed by atoms with E-state index in [0.717, 1.165) is 36.3 Å². The van der Waals surface area contributed by atoms with Gasteiger partial charge in [-0.25, -0.2) is 0 Å². The Hall–Kier alpha value is -1.59. The van der Waals surface area contributed by atoms with E-state index in [0.29, 0.717) is 0 Å². The van der Waals surface area contributed by atoms with Gasteiger partial charge in [0.05, 0.1) is 6.54 Å². The van der Waals surface area contributed by atoms with Crippen LogP contribution in [0.15, 0.2) is 28.8 Å². The molecule has 5 nitrogen and oxygen atoms in total. The van der Waals surface area contributed by atoms with Crippen molar-refractivity contribution >= 4 is 0 Å². The number of nitrogens with zero attached hydrogens (tertiary/aromatic N) is 3. The van der Waals surface area contributed by atoms with Crippen molar-refractivity contribution in [2.75, 3.05) is 26.2 Å². The van der Waals surface area contributed by atoms with Crippen molar-refractivity contribution in [1.82, 2.24) is 20.0 Å². The zero-order chi connectivity index (χ0) is 14.1. The van der Waals surface area contributed by atoms with E-state index < -0.39 is 0 Å². The number of hydrogen-bond acceptors (Lipinski definition) is 4. The van der Waals surface area contributed by atoms with Crippen LogP contribution < -0.4 is 0 Å². The molecule has 5 heteroatoms. The summed E-state index contributed by atoms with van der Waals surface area (Å²) >= 11 is 0. The molecule has 0 radical (unpaired) electrons. The molecule has 0 aromatic carbocycles. The predicted octanol–water partition coefficient (Wildman–Crippen LogP) is 2.34. The van der Waals surface area contributed by atoms with Gasteiger partial charge in [-0.15, -0.1) is 0 Å². The van der Waals surface area contributed by atoms with Gasteiger partial charge < -0.3 is 4.42 Å². The fraction of sp³-hybridized carbons (Fsp3) is 0.562. The van der Waals surface area contributed by atoms with Gasteiger partial charge in [0.15, 0.2) is 5.76 Å². The van der Waals surface area contributed by atoms with Gasteiger partial charge in [-0.1, -0.05) is 6.42 Å². The number of aromatic amines is 1. The molecule has 2 fully saturated rings. The van der Waals surface area contributed by atoms with Gasteiger partial charge >= 0.3 is 0 Å². The maximum absolute atomic E-state index is 5.94. The molecule has 2 saturated heterocycles. The highest BCUT2D eigenvalue weighted by molar-refractivity contribution is 5.51. The van der Waals surface area contributed by atoms with Crippen molar-refractivity contribution in [3.8, 4) is 11.5 Å². The zero-order valence-electron chi connectivity index (χ0n) is 12.3. The van der Waals surface area contributed by atoms with E-state index >= 15 is 0 Å². The first kappa shape index (κ1) is 13.1. The molecular formula is C16H22N4O. The van der Waals surface area contributed by atoms with Crippen molar-refractivity contribution in [3.05, 3.63) is 30.2 Å². The van der Waals surface area contributed by atoms with Crippen LogP contribution in [0.25, 0.3) is 11.5 Å². The lowest BCUT2D eigenvalue weighted by Gasteiger charge is -2.43. The largest absolute Gasteiger partial charge is 0.458 e. The van der Waals surface area contributed by atoms with Crippen LogP contribution in [-0.4, -0.2) is 52.2 Å². The topological polar surface area (TPSA) is 48.3 Å². The summed E-state index contributed by atoms with van der Waals surface area (Å²) in [6.45, 7) is 5.75. The first-order chi connectivity index (χ1) is 10.4. The maximum Gasteiger partial charge on any atom is 0.152 e. The summed E-state index contributed by atoms with van der Waals surface area (Å²) in [5, 5.41) is 6.91. The normalized spacial score (nSPS) is 24.1. The lowest BCUT2D eigenvalue weighted by Crippen LogP contribution is -2.54. The number of nitrogens with one attached hydrogen (secondary N) is 1. The Kier molecular flexibility index (Phi) is 3.53. The van der Waals surface area contributed by atoms with Gasteiger partial charge in [0.2, 0.25) is 0 Å². The Morgan fingerprint density at radius 2 is 2.19 bits per heavy atom. The first-order valence-corrected chi connectivity index (χ1v) is 7.93. The summed E-state index contributed by atoms with van der Waals surface area (Å²) in [7, 11) is 0. The molecule has 0 saturated carbocycles. The average molecular weight is 286 g/mol. The molecule has 21 heavy (non-hydrogen) atoms. The van der Waals surface area contributed by atoms with E-state index in [2.05, 4.69) is 26.1 Å². The highest BCUT2D eigenvalue weighted by atomic mass is 16.3. The standard InChI is InChI=1S/C16H22N4O/c1-2-8-20-10-9-19(11-13(20)3-1)12-14-4-5-16(21-14)15-6-7-17-18-15/h4-7,13H,1-3,8-12H2,(H,17,18)/t13-/m1/s1. The van der Waals surface area contributed by atoms with E-state index in [1.54, 1.807) is 6.20 Å². The second-order valence-electron chi connectivity index (χ2n) is 6.16. The monoisotopic (exact) mass is 286 g/mol. The highest BCUT2D eigenvalue weighted by Crippen LogP contribution is 2.24. The van der Waals surface area contributed by atoms with Gasteiger partial charge in [0.25, 0.3) is 0 Å². The summed E-state index contributed by atoms with van der Waals surface area (Å²) in [4.78, 5) is 5.19. The molecular weight excluding hydrogens is 264 g/mol. The minimum Gasteiger partial charge on any atom is -0.458 e. The van der Waals surface area contributed by atoms with Crippen LogP contribution in [0, 0.1) is 0 Å². The van der Waals surface area contributed by atoms with Gasteiger partial charge in [-0.05, 0) is 37.6 Å². The number of hydrogen-bond donors (Lipinski definition) is 1. The molecule has 0 unspecified atom stereocenters. The fourth-order valence-corrected chi connectivity index (χ4v) is 3.59. The Morgan fingerprint density at radius 1 is 1.19 bits per heavy atom. The van der Waals surface area contributed by atoms with E-state index in [9.17, 15) is 0 Å². The molecule has 4 heterocycles. The van der Waals surface area contributed by atoms with Gasteiger partial charge in [0, 0.05) is 31.9 Å². The number of H-pyrrole nitrogens is 1. The summed E-state index contributed by atoms with van der Waals surface area (Å²) in [5.41, 5.74) is 0.943. The average Bonchev–Trinajstić information content (AvgIpc) is 3.18. The molecule has 2 aliphatic rings. The zero-order valence-corrected chi connectivity index (χ0v) is 12.3. The molecule has 2 aromatic rings. The van der Waals surface area contributed by atoms with Crippen LogP contribution in [0.3, 0.4) is 0 Å². The van der Waals surface area contributed by atoms with Gasteiger partial charge in [-0.2, -0.15) is 5.10 Å². The summed E-state index contributed by atoms with van der Waals surface area (Å²) in [5.74, 6) is 1.92. The van der Waals surface area contributed by atoms with Gasteiger partial charge in [0.1, 0.15) is 11.5 Å². The SMILES string of the molecule is c1cc(-c2ccc(CN3CCN4CCCC[C@@H]4C3)o2)[nH]n1. The summed E-state index contributed by atoms with van der Waals surface area (Å²) in [6.07, 6.45) is 5.87. The predicted molar refractivity (Wildman–Crippen MR) is 80.8 cm³/mol. The second kappa shape index (κ2) is 5.66. The van der Waals surface area contributed by atoms with Crippen molar-refractivity contribution in [1.29, 1.82) is 0 Å². The minimum atomic E-state index is 0.759. The third-order valence-electron chi connectivity index (χ3n) is 4.73. The summed E-state index contributed by atoms with van der Waals surface area (Å²) < 4.78 is 5.94. The van der Waals surface area contributed by atoms with Crippen molar-refractivity contribution < 1.29 is 4.42 Å². The van der Waals surface area contributed by atoms with Crippen molar-refractivity contribution in [3.63, 3.8) is 0 Å². The lowest BCUT2D eigenvalue weighted by molar-refractivity contribution is 0.0427. The molecule has 4 rings (SSSR count). The molecule has 0 amide bonds. The number of piperazine rings is 1. The fourth-order valence-electron chi connectivity index (χ4n) is 3.59. The minimum absolute atomic E-state index is 0.759. The van der Waals surface area contributed by atoms with E-state index in [-0.39, 0.29) is 0 Å². The van der Waals surface area contributed by atoms with E-state index in [4.69, 9.17) is 4.42 Å². The maximum atomic E-state index is 5.94. The molecule has 1 N–H and O–H groups in total. The van der Waals surface area contributed by atoms with Crippen LogP contribution in [0.5, 0.6) is 0 Å². The van der Waals surface area contributed by atoms with Crippen LogP contribution in [0.1, 0.15) is 25.0 Å². The van der Waals surface area contributed by atoms with E-state index in [1.165, 1.54) is 38.9 Å². The Morgan fingerprint density at radius 3 is 3.10 bits per heavy atom. The second-order valence-corrected chi connectivity index (χ2v) is 6.16. The van der Waals surface area contributed by atoms with Crippen LogP contribution in [0.2, 0.25) is 0 Å². The third kappa shape index (κ3) is 2.76. The summed E-state index contributed by atoms with van der Waals surface area (Å²) in [6, 6.07) is 6.81. The van der Waals surface area contributed by atoms with Gasteiger partial charge in [-0.3, -0.25) is 14.9 Å². The Labute approximate surface area is 124 Å². The quantitative estimate of drug-likeness (QED) is 0.941. The van der Waals surface area contributed by atoms with Crippen LogP contribution in [-0.2, 0) is 6.54 Å². The van der Waals surface area contributed by atoms with E-state index in [1.807, 2.05) is 12.1 Å². The lowest BCUT2D eigenvalue weighted by atomic mass is 9.99. The molecule has 0 bridgehead atoms.